The van der Waals surface area contributed by atoms with Gasteiger partial charge in [0.2, 0.25) is 0 Å². The smallest absolute Gasteiger partial charge is 0.411 e. The summed E-state index contributed by atoms with van der Waals surface area (Å²) in [4.78, 5) is 12.4. The molecule has 2 aromatic rings. The molecule has 3 nitrogen and oxygen atoms in total. The summed E-state index contributed by atoms with van der Waals surface area (Å²) in [7, 11) is 0. The molecular weight excluding hydrogens is 286 g/mol. The molecule has 23 heavy (non-hydrogen) atoms. The maximum Gasteiger partial charge on any atom is 0.411 e. The number of carbonyl (C=O) groups is 1. The van der Waals surface area contributed by atoms with Crippen molar-refractivity contribution in [1.29, 1.82) is 0 Å². The van der Waals surface area contributed by atoms with E-state index in [1.54, 1.807) is 0 Å². The molecule has 0 unspecified atom stereocenters. The molecule has 0 saturated carbocycles. The van der Waals surface area contributed by atoms with Crippen molar-refractivity contribution in [3.05, 3.63) is 42.5 Å². The minimum absolute atomic E-state index is 0.0513. The maximum absolute atomic E-state index is 12.4. The quantitative estimate of drug-likeness (QED) is 0.752. The van der Waals surface area contributed by atoms with Crippen LogP contribution in [0.5, 0.6) is 0 Å². The summed E-state index contributed by atoms with van der Waals surface area (Å²) in [5, 5.41) is 5.02. The molecule has 0 bridgehead atoms. The largest absolute Gasteiger partial charge is 0.445 e. The number of hydrogen-bond donors (Lipinski definition) is 1. The van der Waals surface area contributed by atoms with Crippen molar-refractivity contribution in [2.45, 2.75) is 47.1 Å². The second-order valence-corrected chi connectivity index (χ2v) is 7.06. The highest BCUT2D eigenvalue weighted by molar-refractivity contribution is 6.00. The molecule has 0 aliphatic carbocycles. The Morgan fingerprint density at radius 1 is 1.13 bits per heavy atom. The van der Waals surface area contributed by atoms with Gasteiger partial charge in [0, 0.05) is 10.8 Å². The average Bonchev–Trinajstić information content (AvgIpc) is 2.52. The fourth-order valence-corrected chi connectivity index (χ4v) is 2.99. The summed E-state index contributed by atoms with van der Waals surface area (Å²) in [6.07, 6.45) is 0.446. The molecule has 1 N–H and O–H groups in total. The van der Waals surface area contributed by atoms with E-state index in [1.165, 1.54) is 0 Å². The fourth-order valence-electron chi connectivity index (χ4n) is 2.99. The molecule has 0 saturated heterocycles. The van der Waals surface area contributed by atoms with Gasteiger partial charge >= 0.3 is 6.09 Å². The molecule has 0 aliphatic heterocycles. The molecule has 0 spiro atoms. The summed E-state index contributed by atoms with van der Waals surface area (Å²) in [5.41, 5.74) is 0.731. The highest BCUT2D eigenvalue weighted by Crippen LogP contribution is 2.32. The van der Waals surface area contributed by atoms with E-state index in [0.29, 0.717) is 0 Å². The summed E-state index contributed by atoms with van der Waals surface area (Å²) in [6.45, 7) is 10.6. The Morgan fingerprint density at radius 2 is 1.78 bits per heavy atom. The minimum atomic E-state index is -0.387. The van der Waals surface area contributed by atoms with Crippen molar-refractivity contribution < 1.29 is 9.53 Å². The van der Waals surface area contributed by atoms with Gasteiger partial charge < -0.3 is 4.74 Å². The summed E-state index contributed by atoms with van der Waals surface area (Å²) in [6, 6.07) is 13.9. The van der Waals surface area contributed by atoms with Crippen molar-refractivity contribution in [3.63, 3.8) is 0 Å². The average molecular weight is 313 g/mol. The number of nitrogens with one attached hydrogen (secondary N) is 1. The number of anilines is 1. The van der Waals surface area contributed by atoms with E-state index < -0.39 is 0 Å². The second-order valence-electron chi connectivity index (χ2n) is 7.06. The first kappa shape index (κ1) is 17.3. The van der Waals surface area contributed by atoms with Gasteiger partial charge in [0.25, 0.3) is 0 Å². The first-order chi connectivity index (χ1) is 10.8. The Labute approximate surface area is 139 Å². The van der Waals surface area contributed by atoms with Gasteiger partial charge in [-0.1, -0.05) is 71.0 Å². The summed E-state index contributed by atoms with van der Waals surface area (Å²) < 4.78 is 5.77. The third-order valence-electron chi connectivity index (χ3n) is 4.55. The van der Waals surface area contributed by atoms with Crippen LogP contribution >= 0.6 is 0 Å². The number of carbonyl (C=O) groups excluding carboxylic acids is 1. The van der Waals surface area contributed by atoms with Crippen LogP contribution in [0.4, 0.5) is 10.5 Å². The van der Waals surface area contributed by atoms with Crippen molar-refractivity contribution in [1.82, 2.24) is 0 Å². The monoisotopic (exact) mass is 313 g/mol. The van der Waals surface area contributed by atoms with Crippen LogP contribution < -0.4 is 5.32 Å². The van der Waals surface area contributed by atoms with E-state index in [0.717, 1.165) is 22.9 Å². The van der Waals surface area contributed by atoms with Gasteiger partial charge in [-0.3, -0.25) is 5.32 Å². The molecule has 1 amide bonds. The molecule has 124 valence electrons. The van der Waals surface area contributed by atoms with Crippen molar-refractivity contribution in [2.24, 2.45) is 11.3 Å². The number of amides is 1. The standard InChI is InChI=1S/C20H27NO2/c1-6-20(4,5)18(14(2)3)23-19(22)21-17-13-9-11-15-10-7-8-12-16(15)17/h7-14,18H,6H2,1-5H3,(H,21,22)/t18-/m1/s1. The zero-order valence-corrected chi connectivity index (χ0v) is 14.7. The van der Waals surface area contributed by atoms with Gasteiger partial charge in [0.15, 0.2) is 0 Å². The normalized spacial score (nSPS) is 13.1. The fraction of sp³-hybridized carbons (Fsp3) is 0.450. The van der Waals surface area contributed by atoms with Crippen LogP contribution in [0.2, 0.25) is 0 Å². The van der Waals surface area contributed by atoms with E-state index in [2.05, 4.69) is 39.9 Å². The molecule has 0 fully saturated rings. The second kappa shape index (κ2) is 7.03. The lowest BCUT2D eigenvalue weighted by Gasteiger charge is -2.35. The van der Waals surface area contributed by atoms with Crippen LogP contribution in [0.3, 0.4) is 0 Å². The zero-order chi connectivity index (χ0) is 17.0. The van der Waals surface area contributed by atoms with Crippen LogP contribution in [0, 0.1) is 11.3 Å². The number of ether oxygens (including phenoxy) is 1. The number of fused-ring (bicyclic) bond motifs is 1. The Morgan fingerprint density at radius 3 is 2.43 bits per heavy atom. The SMILES string of the molecule is CCC(C)(C)[C@H](OC(=O)Nc1cccc2ccccc12)C(C)C. The maximum atomic E-state index is 12.4. The Balaban J connectivity index is 2.17. The van der Waals surface area contributed by atoms with E-state index >= 15 is 0 Å². The van der Waals surface area contributed by atoms with Crippen LogP contribution in [-0.2, 0) is 4.74 Å². The van der Waals surface area contributed by atoms with E-state index in [4.69, 9.17) is 4.74 Å². The lowest BCUT2D eigenvalue weighted by molar-refractivity contribution is -0.00195. The van der Waals surface area contributed by atoms with Crippen LogP contribution in [0.25, 0.3) is 10.8 Å². The van der Waals surface area contributed by atoms with Crippen molar-refractivity contribution >= 4 is 22.6 Å². The molecule has 2 aromatic carbocycles. The highest BCUT2D eigenvalue weighted by Gasteiger charge is 2.33. The lowest BCUT2D eigenvalue weighted by Crippen LogP contribution is -2.38. The number of rotatable bonds is 5. The van der Waals surface area contributed by atoms with E-state index in [9.17, 15) is 4.79 Å². The van der Waals surface area contributed by atoms with Gasteiger partial charge in [0.05, 0.1) is 5.69 Å². The predicted molar refractivity (Wildman–Crippen MR) is 96.7 cm³/mol. The molecule has 0 aliphatic rings. The molecule has 3 heteroatoms. The number of hydrogen-bond acceptors (Lipinski definition) is 2. The predicted octanol–water partition coefficient (Wildman–Crippen LogP) is 5.85. The summed E-state index contributed by atoms with van der Waals surface area (Å²) in [5.74, 6) is 0.267. The first-order valence-corrected chi connectivity index (χ1v) is 8.30. The van der Waals surface area contributed by atoms with Crippen LogP contribution in [0.15, 0.2) is 42.5 Å². The van der Waals surface area contributed by atoms with Crippen LogP contribution in [-0.4, -0.2) is 12.2 Å². The zero-order valence-electron chi connectivity index (χ0n) is 14.7. The van der Waals surface area contributed by atoms with Crippen LogP contribution in [0.1, 0.15) is 41.0 Å². The van der Waals surface area contributed by atoms with E-state index in [-0.39, 0.29) is 23.5 Å². The lowest BCUT2D eigenvalue weighted by atomic mass is 9.78. The minimum Gasteiger partial charge on any atom is -0.445 e. The molecule has 1 atom stereocenters. The molecule has 0 aromatic heterocycles. The first-order valence-electron chi connectivity index (χ1n) is 8.30. The van der Waals surface area contributed by atoms with Gasteiger partial charge in [-0.15, -0.1) is 0 Å². The van der Waals surface area contributed by atoms with Gasteiger partial charge in [0.1, 0.15) is 6.10 Å². The van der Waals surface area contributed by atoms with Gasteiger partial charge in [-0.2, -0.15) is 0 Å². The Kier molecular flexibility index (Phi) is 5.30. The third-order valence-corrected chi connectivity index (χ3v) is 4.55. The van der Waals surface area contributed by atoms with Gasteiger partial charge in [-0.05, 0) is 23.8 Å². The highest BCUT2D eigenvalue weighted by atomic mass is 16.6. The molecule has 0 heterocycles. The third kappa shape index (κ3) is 4.04. The molecule has 2 rings (SSSR count). The van der Waals surface area contributed by atoms with Gasteiger partial charge in [-0.25, -0.2) is 4.79 Å². The van der Waals surface area contributed by atoms with Crippen molar-refractivity contribution in [2.75, 3.05) is 5.32 Å². The Bertz CT molecular complexity index is 671. The topological polar surface area (TPSA) is 38.3 Å². The number of benzene rings is 2. The Hall–Kier alpha value is -2.03. The van der Waals surface area contributed by atoms with E-state index in [1.807, 2.05) is 42.5 Å². The molecule has 0 radical (unpaired) electrons. The van der Waals surface area contributed by atoms with Crippen molar-refractivity contribution in [3.8, 4) is 0 Å². The summed E-state index contributed by atoms with van der Waals surface area (Å²) >= 11 is 0. The molecular formula is C20H27NO2.